The Kier molecular flexibility index (Phi) is 4.45. The lowest BCUT2D eigenvalue weighted by atomic mass is 9.84. The monoisotopic (exact) mass is 456 g/mol. The van der Waals surface area contributed by atoms with E-state index in [-0.39, 0.29) is 11.7 Å². The number of phenols is 1. The molecular formula is C25H17ClN4O3. The maximum Gasteiger partial charge on any atom is 0.228 e. The summed E-state index contributed by atoms with van der Waals surface area (Å²) in [5.41, 5.74) is 4.20. The molecule has 0 amide bonds. The van der Waals surface area contributed by atoms with Crippen LogP contribution in [0.3, 0.4) is 0 Å². The van der Waals surface area contributed by atoms with Crippen LogP contribution in [0.15, 0.2) is 73.1 Å². The zero-order chi connectivity index (χ0) is 22.5. The molecule has 1 atom stereocenters. The number of ether oxygens (including phenoxy) is 2. The van der Waals surface area contributed by atoms with Gasteiger partial charge in [0.2, 0.25) is 5.88 Å². The van der Waals surface area contributed by atoms with Crippen LogP contribution in [-0.2, 0) is 0 Å². The summed E-state index contributed by atoms with van der Waals surface area (Å²) < 4.78 is 13.1. The molecule has 0 aliphatic carbocycles. The van der Waals surface area contributed by atoms with Crippen LogP contribution in [-0.4, -0.2) is 31.8 Å². The first-order valence-electron chi connectivity index (χ1n) is 10.3. The highest BCUT2D eigenvalue weighted by Gasteiger charge is 2.33. The molecule has 1 aliphatic rings. The van der Waals surface area contributed by atoms with E-state index in [0.717, 1.165) is 28.0 Å². The maximum absolute atomic E-state index is 10.0. The molecule has 0 spiro atoms. The second kappa shape index (κ2) is 7.50. The molecule has 0 saturated heterocycles. The first-order chi connectivity index (χ1) is 16.1. The van der Waals surface area contributed by atoms with Gasteiger partial charge in [0, 0.05) is 28.1 Å². The lowest BCUT2D eigenvalue weighted by Gasteiger charge is -2.28. The highest BCUT2D eigenvalue weighted by Crippen LogP contribution is 2.48. The Balaban J connectivity index is 1.58. The lowest BCUT2D eigenvalue weighted by molar-refractivity contribution is 0.414. The van der Waals surface area contributed by atoms with Crippen molar-refractivity contribution in [3.05, 3.63) is 94.8 Å². The summed E-state index contributed by atoms with van der Waals surface area (Å²) in [7, 11) is 1.64. The van der Waals surface area contributed by atoms with Gasteiger partial charge in [0.1, 0.15) is 23.6 Å². The van der Waals surface area contributed by atoms with Crippen LogP contribution in [0.1, 0.15) is 22.6 Å². The minimum Gasteiger partial charge on any atom is -0.508 e. The number of hydrogen-bond acceptors (Lipinski definition) is 6. The van der Waals surface area contributed by atoms with Crippen molar-refractivity contribution >= 4 is 17.2 Å². The van der Waals surface area contributed by atoms with Crippen LogP contribution in [0.4, 0.5) is 0 Å². The standard InChI is InChI=1S/C25H17ClN4O3/c1-32-18-9-4-14(5-10-18)21-19-11-8-17(31)12-20(19)33-25-22(21)24-28-23(29-30(24)13-27-25)15-2-6-16(26)7-3-15/h2-13,21,31H,1H3/t21-/m0/s1. The number of hydrogen-bond donors (Lipinski definition) is 1. The SMILES string of the molecule is COc1ccc([C@H]2c3ccc(O)cc3Oc3ncn4nc(-c5ccc(Cl)cc5)nc4c32)cc1. The van der Waals surface area contributed by atoms with Crippen molar-refractivity contribution in [1.82, 2.24) is 19.6 Å². The number of halogens is 1. The molecule has 0 unspecified atom stereocenters. The van der Waals surface area contributed by atoms with Gasteiger partial charge in [0.25, 0.3) is 0 Å². The highest BCUT2D eigenvalue weighted by atomic mass is 35.5. The Hall–Kier alpha value is -4.10. The molecule has 0 fully saturated rings. The minimum absolute atomic E-state index is 0.124. The number of rotatable bonds is 3. The molecule has 1 N–H and O–H groups in total. The molecule has 0 radical (unpaired) electrons. The van der Waals surface area contributed by atoms with Crippen LogP contribution in [0.5, 0.6) is 23.1 Å². The molecule has 7 nitrogen and oxygen atoms in total. The summed E-state index contributed by atoms with van der Waals surface area (Å²) in [4.78, 5) is 9.36. The third-order valence-electron chi connectivity index (χ3n) is 5.74. The summed E-state index contributed by atoms with van der Waals surface area (Å²) in [5.74, 6) is 2.20. The van der Waals surface area contributed by atoms with Crippen LogP contribution in [0.25, 0.3) is 17.0 Å². The normalized spacial score (nSPS) is 14.4. The largest absolute Gasteiger partial charge is 0.508 e. The summed E-state index contributed by atoms with van der Waals surface area (Å²) in [6.45, 7) is 0. The molecular weight excluding hydrogens is 440 g/mol. The van der Waals surface area contributed by atoms with Crippen molar-refractivity contribution in [3.63, 3.8) is 0 Å². The van der Waals surface area contributed by atoms with Crippen molar-refractivity contribution in [2.45, 2.75) is 5.92 Å². The van der Waals surface area contributed by atoms with E-state index in [2.05, 4.69) is 10.1 Å². The lowest BCUT2D eigenvalue weighted by Crippen LogP contribution is -2.15. The van der Waals surface area contributed by atoms with Crippen molar-refractivity contribution in [3.8, 4) is 34.5 Å². The van der Waals surface area contributed by atoms with Gasteiger partial charge < -0.3 is 14.6 Å². The number of methoxy groups -OCH3 is 1. The fraction of sp³-hybridized carbons (Fsp3) is 0.0800. The van der Waals surface area contributed by atoms with E-state index in [9.17, 15) is 5.11 Å². The van der Waals surface area contributed by atoms with E-state index >= 15 is 0 Å². The van der Waals surface area contributed by atoms with Crippen LogP contribution < -0.4 is 9.47 Å². The van der Waals surface area contributed by atoms with Gasteiger partial charge in [-0.2, -0.15) is 0 Å². The summed E-state index contributed by atoms with van der Waals surface area (Å²) in [6.07, 6.45) is 1.58. The first-order valence-corrected chi connectivity index (χ1v) is 10.6. The Morgan fingerprint density at radius 2 is 1.82 bits per heavy atom. The number of benzene rings is 3. The van der Waals surface area contributed by atoms with Crippen LogP contribution in [0.2, 0.25) is 5.02 Å². The number of aromatic nitrogens is 4. The highest BCUT2D eigenvalue weighted by molar-refractivity contribution is 6.30. The quantitative estimate of drug-likeness (QED) is 0.381. The number of nitrogens with zero attached hydrogens (tertiary/aromatic N) is 4. The summed E-state index contributed by atoms with van der Waals surface area (Å²) in [6, 6.07) is 20.3. The second-order valence-corrected chi connectivity index (χ2v) is 8.14. The summed E-state index contributed by atoms with van der Waals surface area (Å²) >= 11 is 6.04. The topological polar surface area (TPSA) is 81.8 Å². The van der Waals surface area contributed by atoms with Crippen molar-refractivity contribution in [2.75, 3.05) is 7.11 Å². The molecule has 2 aromatic heterocycles. The van der Waals surface area contributed by atoms with Gasteiger partial charge >= 0.3 is 0 Å². The number of aromatic hydroxyl groups is 1. The molecule has 162 valence electrons. The van der Waals surface area contributed by atoms with E-state index in [1.165, 1.54) is 0 Å². The molecule has 8 heteroatoms. The third-order valence-corrected chi connectivity index (χ3v) is 5.99. The van der Waals surface area contributed by atoms with Gasteiger partial charge in [-0.15, -0.1) is 5.10 Å². The maximum atomic E-state index is 10.0. The fourth-order valence-electron chi connectivity index (χ4n) is 4.17. The third kappa shape index (κ3) is 3.25. The zero-order valence-electron chi connectivity index (χ0n) is 17.4. The molecule has 5 aromatic rings. The molecule has 0 saturated carbocycles. The van der Waals surface area contributed by atoms with Crippen molar-refractivity contribution in [2.24, 2.45) is 0 Å². The van der Waals surface area contributed by atoms with Gasteiger partial charge in [0.05, 0.1) is 12.7 Å². The van der Waals surface area contributed by atoms with E-state index in [1.807, 2.05) is 54.6 Å². The second-order valence-electron chi connectivity index (χ2n) is 7.70. The summed E-state index contributed by atoms with van der Waals surface area (Å²) in [5, 5.41) is 15.3. The van der Waals surface area contributed by atoms with Crippen molar-refractivity contribution < 1.29 is 14.6 Å². The zero-order valence-corrected chi connectivity index (χ0v) is 18.2. The average molecular weight is 457 g/mol. The predicted molar refractivity (Wildman–Crippen MR) is 123 cm³/mol. The Labute approximate surface area is 193 Å². The molecule has 1 aliphatic heterocycles. The van der Waals surface area contributed by atoms with Gasteiger partial charge in [-0.1, -0.05) is 29.8 Å². The number of fused-ring (bicyclic) bond motifs is 4. The van der Waals surface area contributed by atoms with Crippen LogP contribution >= 0.6 is 11.6 Å². The Morgan fingerprint density at radius 1 is 1.03 bits per heavy atom. The first kappa shape index (κ1) is 19.6. The Bertz CT molecular complexity index is 1500. The molecule has 3 aromatic carbocycles. The van der Waals surface area contributed by atoms with E-state index < -0.39 is 0 Å². The van der Waals surface area contributed by atoms with E-state index in [4.69, 9.17) is 26.1 Å². The minimum atomic E-state index is -0.228. The molecule has 0 bridgehead atoms. The van der Waals surface area contributed by atoms with Gasteiger partial charge in [-0.05, 0) is 48.0 Å². The predicted octanol–water partition coefficient (Wildman–Crippen LogP) is 5.44. The molecule has 3 heterocycles. The average Bonchev–Trinajstić information content (AvgIpc) is 3.27. The fourth-order valence-corrected chi connectivity index (χ4v) is 4.29. The van der Waals surface area contributed by atoms with Gasteiger partial charge in [-0.25, -0.2) is 14.5 Å². The smallest absolute Gasteiger partial charge is 0.228 e. The van der Waals surface area contributed by atoms with Gasteiger partial charge in [0.15, 0.2) is 11.5 Å². The van der Waals surface area contributed by atoms with Crippen molar-refractivity contribution in [1.29, 1.82) is 0 Å². The Morgan fingerprint density at radius 3 is 2.58 bits per heavy atom. The van der Waals surface area contributed by atoms with Gasteiger partial charge in [-0.3, -0.25) is 0 Å². The van der Waals surface area contributed by atoms with E-state index in [1.54, 1.807) is 30.1 Å². The molecule has 33 heavy (non-hydrogen) atoms. The van der Waals surface area contributed by atoms with Crippen LogP contribution in [0, 0.1) is 0 Å². The van der Waals surface area contributed by atoms with E-state index in [0.29, 0.717) is 28.1 Å². The molecule has 6 rings (SSSR count). The number of phenolic OH excluding ortho intramolecular Hbond substituents is 1.